The zero-order valence-corrected chi connectivity index (χ0v) is 59.6. The van der Waals surface area contributed by atoms with Crippen LogP contribution in [0.5, 0.6) is 0 Å². The van der Waals surface area contributed by atoms with Crippen LogP contribution in [0.15, 0.2) is 195 Å². The highest BCUT2D eigenvalue weighted by Crippen LogP contribution is 2.38. The molecule has 516 valence electrons. The Morgan fingerprint density at radius 1 is 0.394 bits per heavy atom. The van der Waals surface area contributed by atoms with E-state index in [0.717, 1.165) is 94.6 Å². The number of nitrogens with one attached hydrogen (secondary N) is 3. The second kappa shape index (κ2) is 30.2. The van der Waals surface area contributed by atoms with Crippen molar-refractivity contribution in [2.24, 2.45) is 0 Å². The van der Waals surface area contributed by atoms with E-state index in [2.05, 4.69) is 68.1 Å². The van der Waals surface area contributed by atoms with Crippen molar-refractivity contribution in [3.05, 3.63) is 213 Å². The monoisotopic (exact) mass is 1490 g/mol. The molecule has 6 aliphatic rings. The predicted molar refractivity (Wildman–Crippen MR) is 386 cm³/mol. The molecular formula is C69H69Cl2FN12O9S6. The molecule has 0 saturated carbocycles. The van der Waals surface area contributed by atoms with Crippen LogP contribution in [0, 0.1) is 5.82 Å². The third kappa shape index (κ3) is 16.2. The van der Waals surface area contributed by atoms with Crippen molar-refractivity contribution in [3.8, 4) is 0 Å². The Hall–Kier alpha value is -7.74. The molecule has 30 heteroatoms. The smallest absolute Gasteiger partial charge is 0.263 e. The number of benzene rings is 6. The SMILES string of the molecule is O=C1[C@@H](N2CCC(c3ccc(F)cc3)C2)CCN1c1ccc(S(=O)(=O)Nc2nccs2)cc1.O=C1[C@@H](N2CCC(c3ccccc3)C2)CCN1c1ccc(S(=O)(=O)Nc2nccs2)cc1.O=C1[C@H](N2CC[C@H](c3cc(Cl)cc(Cl)c3)C2)CCN1c1ccc(S(=O)(=O)Nc2nccs2)cc1. The lowest BCUT2D eigenvalue weighted by molar-refractivity contribution is -0.122. The van der Waals surface area contributed by atoms with Crippen LogP contribution in [-0.2, 0) is 44.5 Å². The average Bonchev–Trinajstić information content (AvgIpc) is 1.54. The highest BCUT2D eigenvalue weighted by Gasteiger charge is 2.43. The van der Waals surface area contributed by atoms with E-state index in [1.165, 1.54) is 100 Å². The van der Waals surface area contributed by atoms with Gasteiger partial charge in [-0.25, -0.2) is 44.6 Å². The highest BCUT2D eigenvalue weighted by molar-refractivity contribution is 7.93. The molecular weight excluding hydrogens is 1420 g/mol. The molecule has 99 heavy (non-hydrogen) atoms. The minimum Gasteiger partial charge on any atom is -0.311 e. The summed E-state index contributed by atoms with van der Waals surface area (Å²) in [6.45, 7) is 6.85. The average molecular weight is 1490 g/mol. The third-order valence-corrected chi connectivity index (χ3v) is 25.8. The topological polar surface area (TPSA) is 248 Å². The van der Waals surface area contributed by atoms with Gasteiger partial charge in [-0.1, -0.05) is 65.7 Å². The van der Waals surface area contributed by atoms with Gasteiger partial charge in [0.15, 0.2) is 15.4 Å². The second-order valence-electron chi connectivity index (χ2n) is 24.8. The molecule has 6 atom stereocenters. The Kier molecular flexibility index (Phi) is 21.3. The van der Waals surface area contributed by atoms with E-state index in [1.807, 2.05) is 30.3 Å². The molecule has 9 aromatic rings. The van der Waals surface area contributed by atoms with Gasteiger partial charge in [-0.05, 0) is 196 Å². The van der Waals surface area contributed by atoms with E-state index in [0.29, 0.717) is 68.3 Å². The minimum absolute atomic E-state index is 0.0336. The molecule has 3 N–H and O–H groups in total. The van der Waals surface area contributed by atoms with Gasteiger partial charge in [0.2, 0.25) is 17.7 Å². The second-order valence-corrected chi connectivity index (χ2v) is 33.4. The lowest BCUT2D eigenvalue weighted by atomic mass is 9.98. The van der Waals surface area contributed by atoms with Gasteiger partial charge in [-0.15, -0.1) is 34.0 Å². The van der Waals surface area contributed by atoms with Crippen LogP contribution >= 0.6 is 57.2 Å². The Labute approximate surface area is 596 Å². The van der Waals surface area contributed by atoms with Crippen molar-refractivity contribution in [2.45, 2.75) is 89.1 Å². The fourth-order valence-electron chi connectivity index (χ4n) is 13.8. The number of carbonyl (C=O) groups excluding carboxylic acids is 3. The van der Waals surface area contributed by atoms with E-state index in [-0.39, 0.29) is 62.3 Å². The molecule has 0 radical (unpaired) electrons. The Bertz CT molecular complexity index is 4640. The number of rotatable bonds is 18. The maximum Gasteiger partial charge on any atom is 0.263 e. The van der Waals surface area contributed by atoms with Gasteiger partial charge in [0.05, 0.1) is 32.8 Å². The first-order valence-corrected chi connectivity index (χ1v) is 40.1. The molecule has 0 spiro atoms. The van der Waals surface area contributed by atoms with E-state index in [1.54, 1.807) is 79.5 Å². The van der Waals surface area contributed by atoms with Crippen LogP contribution in [-0.4, -0.2) is 150 Å². The van der Waals surface area contributed by atoms with Crippen LogP contribution in [0.3, 0.4) is 0 Å². The fourth-order valence-corrected chi connectivity index (χ4v) is 19.7. The van der Waals surface area contributed by atoms with Crippen molar-refractivity contribution >= 4 is 137 Å². The number of amides is 3. The number of carbonyl (C=O) groups is 3. The first kappa shape index (κ1) is 69.7. The standard InChI is InChI=1S/C23H22Cl2N4O3S2.C23H23FN4O3S2.C23H24N4O3S2/c24-17-11-16(12-18(25)13-17)15-5-8-28(14-15)21-6-9-29(22(21)30)19-1-3-20(4-2-19)34(31,32)27-23-26-7-10-33-23;24-18-3-1-16(2-4-18)17-9-12-27(15-17)21-10-13-28(22(21)29)19-5-7-20(8-6-19)33(30,31)26-23-25-11-14-32-23;28-22-21(26-13-10-18(16-26)17-4-2-1-3-5-17)11-14-27(22)19-6-8-20(9-7-19)32(29,30)25-23-24-12-15-31-23/h1-4,7,10-13,15,21H,5-6,8-9,14H2,(H,26,27);1-8,11,14,17,21H,9-10,12-13,15H2,(H,25,26);1-9,12,15,18,21H,10-11,13-14,16H2,(H,24,25)/t15-,21+;17?,21-;18?,21-/m000/s1. The Morgan fingerprint density at radius 2 is 0.717 bits per heavy atom. The summed E-state index contributed by atoms with van der Waals surface area (Å²) in [5.41, 5.74) is 5.64. The number of thiazole rings is 3. The molecule has 6 aromatic carbocycles. The minimum atomic E-state index is -3.73. The molecule has 9 heterocycles. The number of likely N-dealkylation sites (tertiary alicyclic amines) is 3. The normalized spacial score (nSPS) is 21.6. The Morgan fingerprint density at radius 3 is 1.04 bits per heavy atom. The summed E-state index contributed by atoms with van der Waals surface area (Å²) in [6.07, 6.45) is 9.79. The van der Waals surface area contributed by atoms with Gasteiger partial charge in [0.1, 0.15) is 5.82 Å². The predicted octanol–water partition coefficient (Wildman–Crippen LogP) is 12.1. The van der Waals surface area contributed by atoms with Crippen molar-refractivity contribution in [1.82, 2.24) is 29.7 Å². The zero-order valence-electron chi connectivity index (χ0n) is 53.2. The molecule has 0 aliphatic carbocycles. The van der Waals surface area contributed by atoms with Gasteiger partial charge in [-0.3, -0.25) is 43.2 Å². The summed E-state index contributed by atoms with van der Waals surface area (Å²) in [5.74, 6) is 0.971. The zero-order chi connectivity index (χ0) is 69.0. The first-order chi connectivity index (χ1) is 47.7. The number of hydrogen-bond donors (Lipinski definition) is 3. The molecule has 21 nitrogen and oxygen atoms in total. The van der Waals surface area contributed by atoms with E-state index >= 15 is 0 Å². The quantitative estimate of drug-likeness (QED) is 0.0723. The molecule has 6 aliphatic heterocycles. The number of nitrogens with zero attached hydrogens (tertiary/aromatic N) is 9. The van der Waals surface area contributed by atoms with E-state index in [9.17, 15) is 44.0 Å². The van der Waals surface area contributed by atoms with Crippen LogP contribution in [0.1, 0.15) is 73.0 Å². The maximum atomic E-state index is 13.2. The summed E-state index contributed by atoms with van der Waals surface area (Å²) in [7, 11) is -11.2. The number of halogens is 3. The largest absolute Gasteiger partial charge is 0.311 e. The van der Waals surface area contributed by atoms with Crippen molar-refractivity contribution < 1.29 is 44.0 Å². The van der Waals surface area contributed by atoms with Crippen molar-refractivity contribution in [1.29, 1.82) is 0 Å². The molecule has 3 amide bonds. The lowest BCUT2D eigenvalue weighted by Gasteiger charge is -2.23. The molecule has 6 fully saturated rings. The summed E-state index contributed by atoms with van der Waals surface area (Å²) in [6, 6.07) is 41.4. The van der Waals surface area contributed by atoms with Gasteiger partial charge >= 0.3 is 0 Å². The summed E-state index contributed by atoms with van der Waals surface area (Å²) >= 11 is 16.0. The van der Waals surface area contributed by atoms with Crippen LogP contribution in [0.25, 0.3) is 0 Å². The molecule has 15 rings (SSSR count). The number of hydrogen-bond acceptors (Lipinski definition) is 18. The van der Waals surface area contributed by atoms with Crippen molar-refractivity contribution in [2.75, 3.05) is 87.8 Å². The summed E-state index contributed by atoms with van der Waals surface area (Å²) in [4.78, 5) is 63.8. The summed E-state index contributed by atoms with van der Waals surface area (Å²) < 4.78 is 95.9. The summed E-state index contributed by atoms with van der Waals surface area (Å²) in [5, 5.41) is 7.28. The fraction of sp³-hybridized carbons (Fsp3) is 0.304. The van der Waals surface area contributed by atoms with Crippen LogP contribution in [0.4, 0.5) is 36.8 Å². The van der Waals surface area contributed by atoms with Gasteiger partial charge in [0.25, 0.3) is 30.1 Å². The molecule has 0 bridgehead atoms. The number of sulfonamides is 3. The lowest BCUT2D eigenvalue weighted by Crippen LogP contribution is -2.40. The van der Waals surface area contributed by atoms with E-state index < -0.39 is 30.1 Å². The van der Waals surface area contributed by atoms with Gasteiger partial charge in [-0.2, -0.15) is 0 Å². The van der Waals surface area contributed by atoms with Gasteiger partial charge in [0, 0.05) is 101 Å². The van der Waals surface area contributed by atoms with Gasteiger partial charge < -0.3 is 14.7 Å². The molecule has 6 saturated heterocycles. The van der Waals surface area contributed by atoms with Crippen molar-refractivity contribution in [3.63, 3.8) is 0 Å². The highest BCUT2D eigenvalue weighted by atomic mass is 35.5. The number of aromatic nitrogens is 3. The van der Waals surface area contributed by atoms with E-state index in [4.69, 9.17) is 23.2 Å². The Balaban J connectivity index is 0.000000133. The number of anilines is 6. The molecule has 2 unspecified atom stereocenters. The van der Waals surface area contributed by atoms with Crippen LogP contribution in [0.2, 0.25) is 10.0 Å². The molecule has 3 aromatic heterocycles. The maximum absolute atomic E-state index is 13.2. The first-order valence-electron chi connectivity index (χ1n) is 32.2. The third-order valence-electron chi connectivity index (χ3n) is 18.8. The van der Waals surface area contributed by atoms with Crippen LogP contribution < -0.4 is 28.9 Å².